The van der Waals surface area contributed by atoms with Crippen molar-refractivity contribution in [2.24, 2.45) is 0 Å². The molecule has 0 atom stereocenters. The summed E-state index contributed by atoms with van der Waals surface area (Å²) in [5.74, 6) is 0. The topological polar surface area (TPSA) is 187 Å². The number of hydrogen-bond acceptors (Lipinski definition) is 4. The largest absolute Gasteiger partial charge is 1.00 e. The molecule has 0 heterocycles. The second-order valence-corrected chi connectivity index (χ2v) is 1.50. The Bertz CT molecular complexity index is 30.9. The molecular formula is H6Na4O7Si. The van der Waals surface area contributed by atoms with Crippen LogP contribution in [0.1, 0.15) is 0 Å². The second kappa shape index (κ2) is 29.4. The smallest absolute Gasteiger partial charge is 0.894 e. The van der Waals surface area contributed by atoms with Crippen molar-refractivity contribution in [3.63, 3.8) is 0 Å². The Labute approximate surface area is 160 Å². The van der Waals surface area contributed by atoms with E-state index in [4.69, 9.17) is 19.2 Å². The molecule has 0 unspecified atom stereocenters. The van der Waals surface area contributed by atoms with Gasteiger partial charge in [0.2, 0.25) is 0 Å². The minimum Gasteiger partial charge on any atom is -0.894 e. The maximum atomic E-state index is 8.58. The molecule has 0 aromatic heterocycles. The van der Waals surface area contributed by atoms with Crippen molar-refractivity contribution in [3.8, 4) is 0 Å². The van der Waals surface area contributed by atoms with Crippen LogP contribution in [0.2, 0.25) is 0 Å². The first-order valence-corrected chi connectivity index (χ1v) is 2.45. The van der Waals surface area contributed by atoms with Crippen LogP contribution in [0.5, 0.6) is 0 Å². The van der Waals surface area contributed by atoms with Crippen molar-refractivity contribution in [2.45, 2.75) is 0 Å². The molecule has 0 bridgehead atoms. The van der Waals surface area contributed by atoms with Crippen LogP contribution in [-0.4, -0.2) is 25.5 Å². The van der Waals surface area contributed by atoms with Gasteiger partial charge in [-0.2, -0.15) is 0 Å². The summed E-state index contributed by atoms with van der Waals surface area (Å²) in [6.07, 6.45) is 0. The average molecular weight is 238 g/mol. The van der Waals surface area contributed by atoms with Crippen LogP contribution in [0.3, 0.4) is 0 Å². The van der Waals surface area contributed by atoms with Gasteiger partial charge in [0.1, 0.15) is 0 Å². The third kappa shape index (κ3) is 150. The minimum atomic E-state index is -5.61. The van der Waals surface area contributed by atoms with E-state index in [0.29, 0.717) is 0 Å². The first kappa shape index (κ1) is 56.4. The normalized spacial score (nSPS) is 5.00. The first-order valence-electron chi connectivity index (χ1n) is 0.816. The summed E-state index contributed by atoms with van der Waals surface area (Å²) in [6, 6.07) is 0. The van der Waals surface area contributed by atoms with Gasteiger partial charge in [0.05, 0.1) is 0 Å². The quantitative estimate of drug-likeness (QED) is 0.379. The molecule has 0 aliphatic carbocycles. The maximum Gasteiger partial charge on any atom is 1.00 e. The van der Waals surface area contributed by atoms with Crippen molar-refractivity contribution < 1.29 is 154 Å². The van der Waals surface area contributed by atoms with E-state index in [2.05, 4.69) is 0 Å². The van der Waals surface area contributed by atoms with Crippen LogP contribution >= 0.6 is 0 Å². The maximum absolute atomic E-state index is 8.58. The van der Waals surface area contributed by atoms with E-state index in [1.165, 1.54) is 0 Å². The molecule has 0 saturated heterocycles. The molecule has 7 nitrogen and oxygen atoms in total. The fourth-order valence-corrected chi connectivity index (χ4v) is 0. The molecule has 0 rings (SSSR count). The molecule has 0 saturated carbocycles. The average Bonchev–Trinajstić information content (AvgIpc) is 0.722. The molecule has 0 aromatic carbocycles. The van der Waals surface area contributed by atoms with Crippen LogP contribution in [0, 0.1) is 0 Å². The zero-order valence-corrected chi connectivity index (χ0v) is 16.6. The standard InChI is InChI=1S/4Na.O4Si.3H2O/c;;;;1-5(2,3)4;;;/h;;;;;3*1H2/q4*+1;-4;;;. The molecular weight excluding hydrogens is 232 g/mol. The third-order valence-corrected chi connectivity index (χ3v) is 0. The second-order valence-electron chi connectivity index (χ2n) is 0.500. The van der Waals surface area contributed by atoms with Crippen molar-refractivity contribution in [1.29, 1.82) is 0 Å². The molecule has 0 radical (unpaired) electrons. The zero-order valence-electron chi connectivity index (χ0n) is 7.63. The van der Waals surface area contributed by atoms with E-state index in [9.17, 15) is 0 Å². The molecule has 12 heavy (non-hydrogen) atoms. The summed E-state index contributed by atoms with van der Waals surface area (Å²) < 4.78 is 0. The Balaban J connectivity index is -0.00000000381. The molecule has 56 valence electrons. The predicted molar refractivity (Wildman–Crippen MR) is 16.6 cm³/mol. The van der Waals surface area contributed by atoms with Crippen LogP contribution in [0.4, 0.5) is 0 Å². The van der Waals surface area contributed by atoms with Gasteiger partial charge in [-0.25, -0.2) is 0 Å². The summed E-state index contributed by atoms with van der Waals surface area (Å²) >= 11 is 0. The van der Waals surface area contributed by atoms with Gasteiger partial charge in [0.15, 0.2) is 0 Å². The molecule has 12 heteroatoms. The van der Waals surface area contributed by atoms with Gasteiger partial charge < -0.3 is 44.7 Å². The van der Waals surface area contributed by atoms with Gasteiger partial charge in [-0.3, -0.25) is 0 Å². The third-order valence-electron chi connectivity index (χ3n) is 0. The SMILES string of the molecule is O.O.O.[Na+].[Na+].[Na+].[Na+].[O-][Si]([O-])([O-])[O-]. The van der Waals surface area contributed by atoms with E-state index in [1.54, 1.807) is 0 Å². The molecule has 0 amide bonds. The van der Waals surface area contributed by atoms with E-state index < -0.39 is 9.05 Å². The Kier molecular flexibility index (Phi) is 138. The molecule has 0 fully saturated rings. The van der Waals surface area contributed by atoms with Crippen molar-refractivity contribution in [2.75, 3.05) is 0 Å². The van der Waals surface area contributed by atoms with Crippen LogP contribution < -0.4 is 137 Å². The summed E-state index contributed by atoms with van der Waals surface area (Å²) in [5, 5.41) is 0. The summed E-state index contributed by atoms with van der Waals surface area (Å²) in [5.41, 5.74) is 0. The predicted octanol–water partition coefficient (Wildman–Crippen LogP) is -19.6. The first-order chi connectivity index (χ1) is 2.00. The molecule has 0 aliphatic heterocycles. The number of rotatable bonds is 0. The fraction of sp³-hybridized carbons (Fsp3) is 0. The van der Waals surface area contributed by atoms with Crippen LogP contribution in [-0.2, 0) is 0 Å². The van der Waals surface area contributed by atoms with Gasteiger partial charge in [-0.05, 0) is 0 Å². The summed E-state index contributed by atoms with van der Waals surface area (Å²) in [7, 11) is -5.61. The van der Waals surface area contributed by atoms with Gasteiger partial charge in [-0.1, -0.05) is 0 Å². The van der Waals surface area contributed by atoms with Gasteiger partial charge in [-0.15, -0.1) is 0 Å². The summed E-state index contributed by atoms with van der Waals surface area (Å²) in [6.45, 7) is 0. The Morgan fingerprint density at radius 2 is 0.500 bits per heavy atom. The molecule has 0 aliphatic rings. The Morgan fingerprint density at radius 1 is 0.500 bits per heavy atom. The fourth-order valence-electron chi connectivity index (χ4n) is 0. The minimum absolute atomic E-state index is 0. The van der Waals surface area contributed by atoms with Gasteiger partial charge >= 0.3 is 118 Å². The molecule has 0 spiro atoms. The Morgan fingerprint density at radius 3 is 0.500 bits per heavy atom. The van der Waals surface area contributed by atoms with E-state index in [1.807, 2.05) is 0 Å². The Hall–Kier alpha value is 3.94. The van der Waals surface area contributed by atoms with Crippen molar-refractivity contribution >= 4 is 9.05 Å². The van der Waals surface area contributed by atoms with E-state index >= 15 is 0 Å². The van der Waals surface area contributed by atoms with Gasteiger partial charge in [0, 0.05) is 0 Å². The van der Waals surface area contributed by atoms with E-state index in [-0.39, 0.29) is 135 Å². The molecule has 0 aromatic rings. The van der Waals surface area contributed by atoms with E-state index in [0.717, 1.165) is 0 Å². The van der Waals surface area contributed by atoms with Gasteiger partial charge in [0.25, 0.3) is 0 Å². The van der Waals surface area contributed by atoms with Crippen molar-refractivity contribution in [1.82, 2.24) is 0 Å². The van der Waals surface area contributed by atoms with Crippen molar-refractivity contribution in [3.05, 3.63) is 0 Å². The monoisotopic (exact) mass is 238 g/mol. The van der Waals surface area contributed by atoms with Crippen LogP contribution in [0.15, 0.2) is 0 Å². The molecule has 6 N–H and O–H groups in total. The summed E-state index contributed by atoms with van der Waals surface area (Å²) in [4.78, 5) is 34.3. The van der Waals surface area contributed by atoms with Crippen LogP contribution in [0.25, 0.3) is 0 Å². The number of hydrogen-bond donors (Lipinski definition) is 0. The zero-order chi connectivity index (χ0) is 4.50.